The highest BCUT2D eigenvalue weighted by Gasteiger charge is 1.92. The van der Waals surface area contributed by atoms with Crippen molar-refractivity contribution in [2.75, 3.05) is 0 Å². The number of aromatic amines is 2. The van der Waals surface area contributed by atoms with Crippen molar-refractivity contribution in [2.45, 2.75) is 0 Å². The molecule has 0 aromatic heterocycles. The Morgan fingerprint density at radius 3 is 1.67 bits per heavy atom. The summed E-state index contributed by atoms with van der Waals surface area (Å²) in [5.74, 6) is 0. The predicted molar refractivity (Wildman–Crippen MR) is 49.4 cm³/mol. The maximum Gasteiger partial charge on any atom is 0.0619 e. The maximum atomic E-state index is 3.15. The summed E-state index contributed by atoms with van der Waals surface area (Å²) in [6.07, 6.45) is 3.75. The Labute approximate surface area is 70.9 Å². The molecule has 1 aliphatic carbocycles. The Hall–Kier alpha value is -1.70. The van der Waals surface area contributed by atoms with Crippen molar-refractivity contribution in [2.24, 2.45) is 0 Å². The van der Waals surface area contributed by atoms with Gasteiger partial charge >= 0.3 is 0 Å². The van der Waals surface area contributed by atoms with Gasteiger partial charge in [-0.3, -0.25) is 0 Å². The van der Waals surface area contributed by atoms with E-state index < -0.39 is 0 Å². The van der Waals surface area contributed by atoms with E-state index in [-0.39, 0.29) is 0 Å². The first-order valence-corrected chi connectivity index (χ1v) is 3.90. The van der Waals surface area contributed by atoms with E-state index in [2.05, 4.69) is 9.97 Å². The Kier molecular flexibility index (Phi) is 1.82. The molecular weight excluding hydrogens is 148 g/mol. The Balaban J connectivity index is 2.71. The third-order valence-electron chi connectivity index (χ3n) is 1.71. The van der Waals surface area contributed by atoms with Crippen molar-refractivity contribution in [3.8, 4) is 11.4 Å². The van der Waals surface area contributed by atoms with E-state index in [1.165, 1.54) is 0 Å². The van der Waals surface area contributed by atoms with Crippen LogP contribution in [0.1, 0.15) is 0 Å². The number of hydrogen-bond donors (Lipinski definition) is 2. The number of nitrogens with one attached hydrogen (secondary N) is 2. The molecule has 2 nitrogen and oxygen atoms in total. The Morgan fingerprint density at radius 2 is 1.17 bits per heavy atom. The highest BCUT2D eigenvalue weighted by molar-refractivity contribution is 5.52. The molecule has 0 spiro atoms. The van der Waals surface area contributed by atoms with Crippen LogP contribution >= 0.6 is 0 Å². The van der Waals surface area contributed by atoms with Crippen LogP contribution in [-0.4, -0.2) is 9.97 Å². The molecule has 60 valence electrons. The van der Waals surface area contributed by atoms with Crippen molar-refractivity contribution >= 4 is 0 Å². The first kappa shape index (κ1) is 6.98. The normalized spacial score (nSPS) is 9.67. The van der Waals surface area contributed by atoms with Crippen LogP contribution in [0.3, 0.4) is 0 Å². The molecule has 1 heterocycles. The maximum absolute atomic E-state index is 3.15. The van der Waals surface area contributed by atoms with Gasteiger partial charge in [-0.1, -0.05) is 24.3 Å². The van der Waals surface area contributed by atoms with Gasteiger partial charge in [0.25, 0.3) is 0 Å². The van der Waals surface area contributed by atoms with Crippen LogP contribution in [0.15, 0.2) is 48.8 Å². The molecule has 0 bridgehead atoms. The van der Waals surface area contributed by atoms with E-state index in [1.807, 2.05) is 48.8 Å². The number of H-pyrrole nitrogens is 2. The standard InChI is InChI=1S/C10H10N2/c1-2-4-6-10-9(5-3-1)11-7-8-12-10/h1-8,11-12H. The lowest BCUT2D eigenvalue weighted by Gasteiger charge is -2.00. The molecule has 12 heavy (non-hydrogen) atoms. The molecule has 0 saturated heterocycles. The van der Waals surface area contributed by atoms with Crippen LogP contribution in [0.5, 0.6) is 0 Å². The minimum atomic E-state index is 1.10. The molecule has 2 N–H and O–H groups in total. The first-order valence-electron chi connectivity index (χ1n) is 3.90. The fourth-order valence-corrected chi connectivity index (χ4v) is 1.13. The molecule has 0 aromatic carbocycles. The van der Waals surface area contributed by atoms with Crippen molar-refractivity contribution < 1.29 is 0 Å². The highest BCUT2D eigenvalue weighted by Crippen LogP contribution is 2.10. The molecular formula is C10H10N2. The van der Waals surface area contributed by atoms with Crippen molar-refractivity contribution in [3.63, 3.8) is 0 Å². The average molecular weight is 158 g/mol. The number of hydrogen-bond acceptors (Lipinski definition) is 0. The van der Waals surface area contributed by atoms with Gasteiger partial charge in [0, 0.05) is 12.4 Å². The molecule has 0 saturated carbocycles. The second-order valence-electron chi connectivity index (χ2n) is 2.55. The average Bonchev–Trinajstić information content (AvgIpc) is 2.06. The molecule has 1 aliphatic heterocycles. The Bertz CT molecular complexity index is 334. The first-order chi connectivity index (χ1) is 5.97. The van der Waals surface area contributed by atoms with E-state index in [9.17, 15) is 0 Å². The van der Waals surface area contributed by atoms with Crippen LogP contribution in [-0.2, 0) is 0 Å². The van der Waals surface area contributed by atoms with Gasteiger partial charge in [-0.05, 0) is 12.1 Å². The smallest absolute Gasteiger partial charge is 0.0619 e. The zero-order valence-electron chi connectivity index (χ0n) is 6.62. The Morgan fingerprint density at radius 1 is 0.667 bits per heavy atom. The summed E-state index contributed by atoms with van der Waals surface area (Å²) in [4.78, 5) is 6.31. The largest absolute Gasteiger partial charge is 0.359 e. The third kappa shape index (κ3) is 1.32. The van der Waals surface area contributed by atoms with Gasteiger partial charge in [0.15, 0.2) is 0 Å². The zero-order valence-corrected chi connectivity index (χ0v) is 6.62. The minimum Gasteiger partial charge on any atom is -0.359 e. The third-order valence-corrected chi connectivity index (χ3v) is 1.71. The van der Waals surface area contributed by atoms with Gasteiger partial charge in [-0.2, -0.15) is 0 Å². The number of fused-ring (bicyclic) bond motifs is 1. The fraction of sp³-hybridized carbons (Fsp3) is 0. The molecule has 2 aliphatic rings. The van der Waals surface area contributed by atoms with E-state index in [4.69, 9.17) is 0 Å². The van der Waals surface area contributed by atoms with Crippen LogP contribution in [0.25, 0.3) is 11.4 Å². The molecule has 0 radical (unpaired) electrons. The van der Waals surface area contributed by atoms with E-state index in [0.29, 0.717) is 0 Å². The summed E-state index contributed by atoms with van der Waals surface area (Å²) in [6, 6.07) is 12.1. The lowest BCUT2D eigenvalue weighted by atomic mass is 10.2. The number of rotatable bonds is 0. The van der Waals surface area contributed by atoms with Crippen LogP contribution in [0, 0.1) is 0 Å². The molecule has 0 aromatic rings. The van der Waals surface area contributed by atoms with Crippen molar-refractivity contribution in [3.05, 3.63) is 48.8 Å². The summed E-state index contributed by atoms with van der Waals surface area (Å²) in [5, 5.41) is 0. The van der Waals surface area contributed by atoms with Gasteiger partial charge in [0.2, 0.25) is 0 Å². The lowest BCUT2D eigenvalue weighted by Crippen LogP contribution is -1.85. The minimum absolute atomic E-state index is 1.10. The van der Waals surface area contributed by atoms with Gasteiger partial charge < -0.3 is 9.97 Å². The summed E-state index contributed by atoms with van der Waals surface area (Å²) in [5.41, 5.74) is 2.19. The van der Waals surface area contributed by atoms with Crippen LogP contribution in [0.4, 0.5) is 0 Å². The van der Waals surface area contributed by atoms with Gasteiger partial charge in [-0.25, -0.2) is 0 Å². The molecule has 2 rings (SSSR count). The lowest BCUT2D eigenvalue weighted by molar-refractivity contribution is 1.20. The molecule has 0 atom stereocenters. The fourth-order valence-electron chi connectivity index (χ4n) is 1.13. The highest BCUT2D eigenvalue weighted by atomic mass is 14.8. The second-order valence-corrected chi connectivity index (χ2v) is 2.55. The molecule has 0 amide bonds. The second kappa shape index (κ2) is 3.13. The SMILES string of the molecule is c1cccc2[nH]cc[nH]c-2cc1. The van der Waals surface area contributed by atoms with Gasteiger partial charge in [0.05, 0.1) is 11.4 Å². The van der Waals surface area contributed by atoms with E-state index >= 15 is 0 Å². The molecule has 0 fully saturated rings. The molecule has 2 heteroatoms. The monoisotopic (exact) mass is 158 g/mol. The van der Waals surface area contributed by atoms with Crippen LogP contribution in [0.2, 0.25) is 0 Å². The topological polar surface area (TPSA) is 31.6 Å². The summed E-state index contributed by atoms with van der Waals surface area (Å²) in [6.45, 7) is 0. The van der Waals surface area contributed by atoms with E-state index in [1.54, 1.807) is 0 Å². The van der Waals surface area contributed by atoms with Crippen LogP contribution < -0.4 is 0 Å². The molecule has 0 unspecified atom stereocenters. The zero-order chi connectivity index (χ0) is 8.23. The van der Waals surface area contributed by atoms with Crippen molar-refractivity contribution in [1.82, 2.24) is 9.97 Å². The number of aromatic nitrogens is 2. The summed E-state index contributed by atoms with van der Waals surface area (Å²) >= 11 is 0. The summed E-state index contributed by atoms with van der Waals surface area (Å²) < 4.78 is 0. The van der Waals surface area contributed by atoms with Gasteiger partial charge in [0.1, 0.15) is 0 Å². The van der Waals surface area contributed by atoms with Gasteiger partial charge in [-0.15, -0.1) is 0 Å². The summed E-state index contributed by atoms with van der Waals surface area (Å²) in [7, 11) is 0. The van der Waals surface area contributed by atoms with E-state index in [0.717, 1.165) is 11.4 Å². The quantitative estimate of drug-likeness (QED) is 0.590. The van der Waals surface area contributed by atoms with Crippen molar-refractivity contribution in [1.29, 1.82) is 0 Å². The predicted octanol–water partition coefficient (Wildman–Crippen LogP) is 2.57.